The molecule has 0 atom stereocenters. The highest BCUT2D eigenvalue weighted by Crippen LogP contribution is 2.27. The van der Waals surface area contributed by atoms with Crippen molar-refractivity contribution in [3.63, 3.8) is 0 Å². The molecule has 0 N–H and O–H groups in total. The van der Waals surface area contributed by atoms with Gasteiger partial charge in [-0.05, 0) is 48.1 Å². The molecular formula is C11H23N2Si. The molecule has 0 aromatic heterocycles. The summed E-state index contributed by atoms with van der Waals surface area (Å²) in [6, 6.07) is 0. The third-order valence-corrected chi connectivity index (χ3v) is 5.54. The number of hydrogen-bond acceptors (Lipinski definition) is 2. The summed E-state index contributed by atoms with van der Waals surface area (Å²) >= 11 is 0. The van der Waals surface area contributed by atoms with Crippen LogP contribution < -0.4 is 0 Å². The highest BCUT2D eigenvalue weighted by atomic mass is 28.3. The molecule has 1 rings (SSSR count). The summed E-state index contributed by atoms with van der Waals surface area (Å²) < 4.78 is 5.01. The lowest BCUT2D eigenvalue weighted by Crippen LogP contribution is -2.54. The van der Waals surface area contributed by atoms with Crippen molar-refractivity contribution in [2.45, 2.75) is 59.2 Å². The number of hydrogen-bond donors (Lipinski definition) is 0. The predicted molar refractivity (Wildman–Crippen MR) is 63.9 cm³/mol. The normalized spacial score (nSPS) is 19.6. The molecule has 0 aromatic rings. The van der Waals surface area contributed by atoms with Crippen molar-refractivity contribution in [2.24, 2.45) is 0 Å². The van der Waals surface area contributed by atoms with Crippen LogP contribution in [0.15, 0.2) is 12.4 Å². The predicted octanol–water partition coefficient (Wildman–Crippen LogP) is 2.79. The average Bonchev–Trinajstić information content (AvgIpc) is 2.26. The smallest absolute Gasteiger partial charge is 0.294 e. The van der Waals surface area contributed by atoms with Crippen LogP contribution in [0.25, 0.3) is 0 Å². The Morgan fingerprint density at radius 1 is 0.786 bits per heavy atom. The molecule has 0 unspecified atom stereocenters. The van der Waals surface area contributed by atoms with E-state index in [0.717, 1.165) is 0 Å². The quantitative estimate of drug-likeness (QED) is 0.569. The van der Waals surface area contributed by atoms with Crippen LogP contribution in [0.3, 0.4) is 0 Å². The summed E-state index contributed by atoms with van der Waals surface area (Å²) in [6.07, 6.45) is 4.50. The second kappa shape index (κ2) is 3.30. The van der Waals surface area contributed by atoms with Gasteiger partial charge in [0, 0.05) is 23.5 Å². The van der Waals surface area contributed by atoms with Crippen molar-refractivity contribution in [1.82, 2.24) is 9.13 Å². The lowest BCUT2D eigenvalue weighted by molar-refractivity contribution is 0.283. The van der Waals surface area contributed by atoms with Crippen molar-refractivity contribution in [2.75, 3.05) is 0 Å². The zero-order chi connectivity index (χ0) is 11.1. The summed E-state index contributed by atoms with van der Waals surface area (Å²) in [5.41, 5.74) is 0.499. The molecule has 0 bridgehead atoms. The fourth-order valence-corrected chi connectivity index (χ4v) is 4.62. The maximum Gasteiger partial charge on any atom is 0.294 e. The Balaban J connectivity index is 2.81. The van der Waals surface area contributed by atoms with Gasteiger partial charge in [-0.25, -0.2) is 0 Å². The second-order valence-electron chi connectivity index (χ2n) is 5.93. The molecule has 0 fully saturated rings. The van der Waals surface area contributed by atoms with E-state index in [1.54, 1.807) is 0 Å². The van der Waals surface area contributed by atoms with E-state index >= 15 is 0 Å². The fraction of sp³-hybridized carbons (Fsp3) is 0.818. The Labute approximate surface area is 90.4 Å². The standard InChI is InChI=1S/C11H23N2Si/c1-10(2,3)12-8-9-13(14(12)7)11(4,5)6/h8-9H,1-7H3. The molecule has 0 saturated heterocycles. The van der Waals surface area contributed by atoms with E-state index in [0.29, 0.717) is 0 Å². The molecule has 1 aliphatic heterocycles. The van der Waals surface area contributed by atoms with Crippen molar-refractivity contribution in [1.29, 1.82) is 0 Å². The SMILES string of the molecule is C[Si]1N(C(C)(C)C)C=CN1C(C)(C)C. The first-order valence-electron chi connectivity index (χ1n) is 5.24. The Morgan fingerprint density at radius 2 is 1.07 bits per heavy atom. The minimum atomic E-state index is -0.593. The zero-order valence-electron chi connectivity index (χ0n) is 10.5. The lowest BCUT2D eigenvalue weighted by Gasteiger charge is -2.42. The van der Waals surface area contributed by atoms with E-state index in [1.807, 2.05) is 0 Å². The average molecular weight is 211 g/mol. The molecular weight excluding hydrogens is 188 g/mol. The van der Waals surface area contributed by atoms with Gasteiger partial charge in [0.25, 0.3) is 9.12 Å². The summed E-state index contributed by atoms with van der Waals surface area (Å²) in [5.74, 6) is 0. The fourth-order valence-electron chi connectivity index (χ4n) is 1.88. The van der Waals surface area contributed by atoms with E-state index in [-0.39, 0.29) is 11.1 Å². The van der Waals surface area contributed by atoms with Crippen LogP contribution in [0.1, 0.15) is 41.5 Å². The minimum absolute atomic E-state index is 0.250. The van der Waals surface area contributed by atoms with Gasteiger partial charge in [0.1, 0.15) is 0 Å². The van der Waals surface area contributed by atoms with Gasteiger partial charge in [-0.1, -0.05) is 0 Å². The van der Waals surface area contributed by atoms with Gasteiger partial charge in [-0.15, -0.1) is 0 Å². The van der Waals surface area contributed by atoms with Gasteiger partial charge in [0.2, 0.25) is 0 Å². The van der Waals surface area contributed by atoms with Crippen LogP contribution in [0.5, 0.6) is 0 Å². The molecule has 0 saturated carbocycles. The first-order chi connectivity index (χ1) is 6.14. The van der Waals surface area contributed by atoms with Gasteiger partial charge in [-0.3, -0.25) is 0 Å². The molecule has 0 aromatic carbocycles. The summed E-state index contributed by atoms with van der Waals surface area (Å²) in [4.78, 5) is 0. The van der Waals surface area contributed by atoms with Crippen molar-refractivity contribution < 1.29 is 0 Å². The largest absolute Gasteiger partial charge is 0.381 e. The third kappa shape index (κ3) is 2.14. The second-order valence-corrected chi connectivity index (χ2v) is 7.99. The van der Waals surface area contributed by atoms with E-state index in [2.05, 4.69) is 69.6 Å². The molecule has 14 heavy (non-hydrogen) atoms. The minimum Gasteiger partial charge on any atom is -0.381 e. The zero-order valence-corrected chi connectivity index (χ0v) is 11.5. The van der Waals surface area contributed by atoms with Gasteiger partial charge < -0.3 is 9.13 Å². The van der Waals surface area contributed by atoms with Crippen molar-refractivity contribution in [3.8, 4) is 0 Å². The van der Waals surface area contributed by atoms with E-state index < -0.39 is 9.12 Å². The van der Waals surface area contributed by atoms with Crippen LogP contribution in [-0.4, -0.2) is 29.3 Å². The third-order valence-electron chi connectivity index (χ3n) is 2.51. The molecule has 1 radical (unpaired) electrons. The molecule has 0 amide bonds. The molecule has 1 heterocycles. The first kappa shape index (κ1) is 11.6. The number of rotatable bonds is 0. The van der Waals surface area contributed by atoms with Crippen LogP contribution >= 0.6 is 0 Å². The highest BCUT2D eigenvalue weighted by molar-refractivity contribution is 6.53. The van der Waals surface area contributed by atoms with Gasteiger partial charge in [0.15, 0.2) is 0 Å². The Bertz CT molecular complexity index is 211. The topological polar surface area (TPSA) is 6.48 Å². The van der Waals surface area contributed by atoms with Crippen LogP contribution in [-0.2, 0) is 0 Å². The lowest BCUT2D eigenvalue weighted by atomic mass is 10.1. The van der Waals surface area contributed by atoms with Crippen molar-refractivity contribution in [3.05, 3.63) is 12.4 Å². The van der Waals surface area contributed by atoms with Crippen LogP contribution in [0.2, 0.25) is 6.55 Å². The van der Waals surface area contributed by atoms with Gasteiger partial charge in [-0.2, -0.15) is 0 Å². The number of nitrogens with zero attached hydrogens (tertiary/aromatic N) is 2. The van der Waals surface area contributed by atoms with E-state index in [4.69, 9.17) is 0 Å². The Hall–Kier alpha value is -0.443. The Kier molecular flexibility index (Phi) is 2.74. The van der Waals surface area contributed by atoms with Gasteiger partial charge >= 0.3 is 0 Å². The van der Waals surface area contributed by atoms with Gasteiger partial charge in [0.05, 0.1) is 0 Å². The molecule has 81 valence electrons. The summed E-state index contributed by atoms with van der Waals surface area (Å²) in [5, 5.41) is 0. The molecule has 1 aliphatic rings. The Morgan fingerprint density at radius 3 is 1.21 bits per heavy atom. The molecule has 0 spiro atoms. The maximum atomic E-state index is 2.50. The van der Waals surface area contributed by atoms with E-state index in [9.17, 15) is 0 Å². The summed E-state index contributed by atoms with van der Waals surface area (Å²) in [7, 11) is -0.593. The monoisotopic (exact) mass is 211 g/mol. The highest BCUT2D eigenvalue weighted by Gasteiger charge is 2.37. The molecule has 2 nitrogen and oxygen atoms in total. The maximum absolute atomic E-state index is 2.50. The van der Waals surface area contributed by atoms with Crippen LogP contribution in [0, 0.1) is 0 Å². The molecule has 3 heteroatoms. The van der Waals surface area contributed by atoms with Crippen molar-refractivity contribution >= 4 is 9.12 Å². The summed E-state index contributed by atoms with van der Waals surface area (Å²) in [6.45, 7) is 16.0. The van der Waals surface area contributed by atoms with E-state index in [1.165, 1.54) is 0 Å². The first-order valence-corrected chi connectivity index (χ1v) is 7.14. The molecule has 0 aliphatic carbocycles. The van der Waals surface area contributed by atoms with Crippen LogP contribution in [0.4, 0.5) is 0 Å².